The number of rotatable bonds is 1. The minimum atomic E-state index is -0.0191. The molecular formula is C10H13ClN2O. The summed E-state index contributed by atoms with van der Waals surface area (Å²) in [4.78, 5) is 15.8. The van der Waals surface area contributed by atoms with Crippen molar-refractivity contribution in [2.75, 3.05) is 0 Å². The fourth-order valence-corrected chi connectivity index (χ4v) is 2.39. The van der Waals surface area contributed by atoms with Gasteiger partial charge in [-0.1, -0.05) is 24.4 Å². The Labute approximate surface area is 87.7 Å². The molecule has 3 nitrogen and oxygen atoms in total. The molecule has 0 bridgehead atoms. The van der Waals surface area contributed by atoms with Crippen molar-refractivity contribution in [1.29, 1.82) is 0 Å². The zero-order valence-corrected chi connectivity index (χ0v) is 8.92. The molecule has 0 atom stereocenters. The Bertz CT molecular complexity index is 394. The van der Waals surface area contributed by atoms with Crippen LogP contribution in [0.4, 0.5) is 0 Å². The molecule has 1 aromatic heterocycles. The SMILES string of the molecule is Cc1nc(Cl)cc(=O)n1C1CCCC1. The van der Waals surface area contributed by atoms with Gasteiger partial charge >= 0.3 is 0 Å². The molecule has 0 aliphatic heterocycles. The van der Waals surface area contributed by atoms with Crippen LogP contribution in [-0.4, -0.2) is 9.55 Å². The lowest BCUT2D eigenvalue weighted by Gasteiger charge is -2.15. The molecular weight excluding hydrogens is 200 g/mol. The quantitative estimate of drug-likeness (QED) is 0.670. The second-order valence-electron chi connectivity index (χ2n) is 3.77. The topological polar surface area (TPSA) is 34.9 Å². The summed E-state index contributed by atoms with van der Waals surface area (Å²) in [5, 5.41) is 0.293. The average Bonchev–Trinajstić information content (AvgIpc) is 2.54. The highest BCUT2D eigenvalue weighted by Gasteiger charge is 2.19. The van der Waals surface area contributed by atoms with E-state index in [4.69, 9.17) is 11.6 Å². The predicted octanol–water partition coefficient (Wildman–Crippen LogP) is 2.32. The fraction of sp³-hybridized carbons (Fsp3) is 0.600. The zero-order valence-electron chi connectivity index (χ0n) is 8.16. The third-order valence-electron chi connectivity index (χ3n) is 2.79. The van der Waals surface area contributed by atoms with E-state index in [1.807, 2.05) is 6.92 Å². The van der Waals surface area contributed by atoms with Crippen LogP contribution >= 0.6 is 11.6 Å². The van der Waals surface area contributed by atoms with Crippen molar-refractivity contribution in [3.63, 3.8) is 0 Å². The van der Waals surface area contributed by atoms with E-state index in [0.29, 0.717) is 11.2 Å². The molecule has 4 heteroatoms. The van der Waals surface area contributed by atoms with Gasteiger partial charge in [0, 0.05) is 12.1 Å². The van der Waals surface area contributed by atoms with Gasteiger partial charge in [-0.15, -0.1) is 0 Å². The number of aryl methyl sites for hydroxylation is 1. The molecule has 76 valence electrons. The van der Waals surface area contributed by atoms with Gasteiger partial charge in [-0.3, -0.25) is 9.36 Å². The van der Waals surface area contributed by atoms with Gasteiger partial charge in [-0.2, -0.15) is 0 Å². The molecule has 1 fully saturated rings. The van der Waals surface area contributed by atoms with E-state index < -0.39 is 0 Å². The second kappa shape index (κ2) is 3.73. The van der Waals surface area contributed by atoms with Crippen LogP contribution in [0.3, 0.4) is 0 Å². The Morgan fingerprint density at radius 1 is 1.50 bits per heavy atom. The molecule has 1 saturated carbocycles. The van der Waals surface area contributed by atoms with Crippen molar-refractivity contribution < 1.29 is 0 Å². The van der Waals surface area contributed by atoms with E-state index in [-0.39, 0.29) is 5.56 Å². The van der Waals surface area contributed by atoms with Gasteiger partial charge in [0.15, 0.2) is 0 Å². The normalized spacial score (nSPS) is 17.6. The third-order valence-corrected chi connectivity index (χ3v) is 2.98. The largest absolute Gasteiger partial charge is 0.294 e. The first-order chi connectivity index (χ1) is 6.68. The van der Waals surface area contributed by atoms with Crippen molar-refractivity contribution in [2.24, 2.45) is 0 Å². The molecule has 1 aliphatic rings. The van der Waals surface area contributed by atoms with Crippen LogP contribution in [-0.2, 0) is 0 Å². The van der Waals surface area contributed by atoms with Gasteiger partial charge in [0.05, 0.1) is 0 Å². The lowest BCUT2D eigenvalue weighted by Crippen LogP contribution is -2.25. The Morgan fingerprint density at radius 3 is 2.71 bits per heavy atom. The Balaban J connectivity index is 2.46. The smallest absolute Gasteiger partial charge is 0.255 e. The Hall–Kier alpha value is -0.830. The van der Waals surface area contributed by atoms with Crippen molar-refractivity contribution in [3.05, 3.63) is 27.4 Å². The van der Waals surface area contributed by atoms with Gasteiger partial charge in [-0.05, 0) is 19.8 Å². The van der Waals surface area contributed by atoms with Crippen LogP contribution in [0.2, 0.25) is 5.15 Å². The second-order valence-corrected chi connectivity index (χ2v) is 4.16. The molecule has 0 radical (unpaired) electrons. The molecule has 1 aliphatic carbocycles. The molecule has 0 saturated heterocycles. The molecule has 1 aromatic rings. The van der Waals surface area contributed by atoms with Crippen molar-refractivity contribution in [2.45, 2.75) is 38.6 Å². The number of halogens is 1. The summed E-state index contributed by atoms with van der Waals surface area (Å²) in [6, 6.07) is 1.74. The number of aromatic nitrogens is 2. The zero-order chi connectivity index (χ0) is 10.1. The maximum atomic E-state index is 11.7. The van der Waals surface area contributed by atoms with Gasteiger partial charge in [0.25, 0.3) is 5.56 Å². The fourth-order valence-electron chi connectivity index (χ4n) is 2.18. The number of nitrogens with zero attached hydrogens (tertiary/aromatic N) is 2. The van der Waals surface area contributed by atoms with Crippen LogP contribution < -0.4 is 5.56 Å². The first-order valence-corrected chi connectivity index (χ1v) is 5.32. The van der Waals surface area contributed by atoms with E-state index in [1.54, 1.807) is 4.57 Å². The lowest BCUT2D eigenvalue weighted by molar-refractivity contribution is 0.481. The van der Waals surface area contributed by atoms with Gasteiger partial charge < -0.3 is 0 Å². The van der Waals surface area contributed by atoms with Gasteiger partial charge in [-0.25, -0.2) is 4.98 Å². The summed E-state index contributed by atoms with van der Waals surface area (Å²) in [6.07, 6.45) is 4.59. The van der Waals surface area contributed by atoms with Crippen molar-refractivity contribution in [3.8, 4) is 0 Å². The van der Waals surface area contributed by atoms with E-state index in [1.165, 1.54) is 18.9 Å². The van der Waals surface area contributed by atoms with Crippen LogP contribution in [0, 0.1) is 6.92 Å². The highest BCUT2D eigenvalue weighted by atomic mass is 35.5. The number of hydrogen-bond donors (Lipinski definition) is 0. The van der Waals surface area contributed by atoms with Crippen molar-refractivity contribution in [1.82, 2.24) is 9.55 Å². The molecule has 0 aromatic carbocycles. The third kappa shape index (κ3) is 1.69. The maximum absolute atomic E-state index is 11.7. The van der Waals surface area contributed by atoms with E-state index in [9.17, 15) is 4.79 Å². The maximum Gasteiger partial charge on any atom is 0.255 e. The molecule has 2 rings (SSSR count). The minimum absolute atomic E-state index is 0.0191. The van der Waals surface area contributed by atoms with Crippen LogP contribution in [0.1, 0.15) is 37.5 Å². The highest BCUT2D eigenvalue weighted by Crippen LogP contribution is 2.28. The van der Waals surface area contributed by atoms with Crippen molar-refractivity contribution >= 4 is 11.6 Å². The minimum Gasteiger partial charge on any atom is -0.294 e. The van der Waals surface area contributed by atoms with Crippen LogP contribution in [0.25, 0.3) is 0 Å². The molecule has 1 heterocycles. The molecule has 0 N–H and O–H groups in total. The summed E-state index contributed by atoms with van der Waals surface area (Å²) in [5.41, 5.74) is -0.0191. The molecule has 14 heavy (non-hydrogen) atoms. The first kappa shape index (κ1) is 9.71. The van der Waals surface area contributed by atoms with Crippen LogP contribution in [0.15, 0.2) is 10.9 Å². The Morgan fingerprint density at radius 2 is 2.14 bits per heavy atom. The van der Waals surface area contributed by atoms with E-state index in [0.717, 1.165) is 18.7 Å². The average molecular weight is 213 g/mol. The molecule has 0 unspecified atom stereocenters. The molecule has 0 amide bonds. The summed E-state index contributed by atoms with van der Waals surface area (Å²) in [6.45, 7) is 1.84. The molecule has 0 spiro atoms. The van der Waals surface area contributed by atoms with Gasteiger partial charge in [0.2, 0.25) is 0 Å². The summed E-state index contributed by atoms with van der Waals surface area (Å²) in [7, 11) is 0. The summed E-state index contributed by atoms with van der Waals surface area (Å²) >= 11 is 5.70. The summed E-state index contributed by atoms with van der Waals surface area (Å²) < 4.78 is 1.78. The highest BCUT2D eigenvalue weighted by molar-refractivity contribution is 6.29. The van der Waals surface area contributed by atoms with E-state index in [2.05, 4.69) is 4.98 Å². The van der Waals surface area contributed by atoms with E-state index >= 15 is 0 Å². The monoisotopic (exact) mass is 212 g/mol. The lowest BCUT2D eigenvalue weighted by atomic mass is 10.2. The summed E-state index contributed by atoms with van der Waals surface area (Å²) in [5.74, 6) is 0.731. The Kier molecular flexibility index (Phi) is 2.59. The van der Waals surface area contributed by atoms with Crippen LogP contribution in [0.5, 0.6) is 0 Å². The predicted molar refractivity (Wildman–Crippen MR) is 55.7 cm³/mol. The number of hydrogen-bond acceptors (Lipinski definition) is 2. The standard InChI is InChI=1S/C10H13ClN2O/c1-7-12-9(11)6-10(14)13(7)8-4-2-3-5-8/h6,8H,2-5H2,1H3. The first-order valence-electron chi connectivity index (χ1n) is 4.94. The van der Waals surface area contributed by atoms with Gasteiger partial charge in [0.1, 0.15) is 11.0 Å².